The number of nitro groups is 1. The summed E-state index contributed by atoms with van der Waals surface area (Å²) in [5, 5.41) is 22.5. The van der Waals surface area contributed by atoms with Crippen LogP contribution >= 0.6 is 11.6 Å². The molecule has 6 nitrogen and oxygen atoms in total. The van der Waals surface area contributed by atoms with Gasteiger partial charge in [-0.2, -0.15) is 0 Å². The molecule has 0 aromatic heterocycles. The number of benzene rings is 1. The average Bonchev–Trinajstić information content (AvgIpc) is 2.28. The number of carbonyl (C=O) groups is 1. The summed E-state index contributed by atoms with van der Waals surface area (Å²) in [4.78, 5) is 21.7. The van der Waals surface area contributed by atoms with Gasteiger partial charge in [-0.25, -0.2) is 0 Å². The summed E-state index contributed by atoms with van der Waals surface area (Å²) in [6.07, 6.45) is -0.194. The van der Waals surface area contributed by atoms with E-state index in [0.717, 1.165) is 0 Å². The van der Waals surface area contributed by atoms with Crippen molar-refractivity contribution in [1.82, 2.24) is 0 Å². The Hall–Kier alpha value is -1.66. The van der Waals surface area contributed by atoms with Crippen LogP contribution in [0.15, 0.2) is 18.2 Å². The molecule has 2 N–H and O–H groups in total. The van der Waals surface area contributed by atoms with E-state index >= 15 is 0 Å². The molecule has 0 aliphatic heterocycles. The maximum Gasteiger partial charge on any atom is 0.294 e. The first-order chi connectivity index (χ1) is 8.40. The summed E-state index contributed by atoms with van der Waals surface area (Å²) < 4.78 is 0. The van der Waals surface area contributed by atoms with Crippen LogP contribution in [-0.2, 0) is 4.79 Å². The van der Waals surface area contributed by atoms with Gasteiger partial charge in [-0.05, 0) is 25.5 Å². The molecule has 98 valence electrons. The van der Waals surface area contributed by atoms with E-state index in [1.165, 1.54) is 18.2 Å². The van der Waals surface area contributed by atoms with Crippen molar-refractivity contribution in [3.8, 4) is 0 Å². The predicted molar refractivity (Wildman–Crippen MR) is 67.7 cm³/mol. The fraction of sp³-hybridized carbons (Fsp3) is 0.364. The van der Waals surface area contributed by atoms with E-state index in [4.69, 9.17) is 16.7 Å². The second kappa shape index (κ2) is 6.32. The summed E-state index contributed by atoms with van der Waals surface area (Å²) in [5.41, 5.74) is -0.159. The normalized spacial score (nSPS) is 11.9. The zero-order valence-electron chi connectivity index (χ0n) is 9.72. The SMILES string of the molecule is CC(O)CCC(=O)Nc1ccc(Cl)cc1[N+](=O)[O-]. The van der Waals surface area contributed by atoms with Crippen LogP contribution in [0.3, 0.4) is 0 Å². The van der Waals surface area contributed by atoms with Crippen molar-refractivity contribution in [2.45, 2.75) is 25.9 Å². The van der Waals surface area contributed by atoms with Crippen molar-refractivity contribution in [2.75, 3.05) is 5.32 Å². The van der Waals surface area contributed by atoms with Crippen LogP contribution in [0.25, 0.3) is 0 Å². The molecule has 1 rings (SSSR count). The third-order valence-corrected chi connectivity index (χ3v) is 2.45. The van der Waals surface area contributed by atoms with Crippen molar-refractivity contribution < 1.29 is 14.8 Å². The molecule has 7 heteroatoms. The standard InChI is InChI=1S/C11H13ClN2O4/c1-7(15)2-5-11(16)13-9-4-3-8(12)6-10(9)14(17)18/h3-4,6-7,15H,2,5H2,1H3,(H,13,16). The van der Waals surface area contributed by atoms with E-state index < -0.39 is 11.0 Å². The molecule has 1 aromatic rings. The number of amides is 1. The second-order valence-electron chi connectivity index (χ2n) is 3.85. The molecule has 1 atom stereocenters. The Labute approximate surface area is 109 Å². The van der Waals surface area contributed by atoms with Gasteiger partial charge in [0.15, 0.2) is 0 Å². The summed E-state index contributed by atoms with van der Waals surface area (Å²) in [6.45, 7) is 1.57. The molecule has 0 saturated heterocycles. The Morgan fingerprint density at radius 2 is 2.28 bits per heavy atom. The highest BCUT2D eigenvalue weighted by Gasteiger charge is 2.16. The van der Waals surface area contributed by atoms with Crippen LogP contribution in [0, 0.1) is 10.1 Å². The van der Waals surface area contributed by atoms with Crippen molar-refractivity contribution in [3.63, 3.8) is 0 Å². The number of hydrogen-bond acceptors (Lipinski definition) is 4. The van der Waals surface area contributed by atoms with Crippen molar-refractivity contribution in [1.29, 1.82) is 0 Å². The van der Waals surface area contributed by atoms with Gasteiger partial charge >= 0.3 is 0 Å². The van der Waals surface area contributed by atoms with Gasteiger partial charge in [0.05, 0.1) is 11.0 Å². The van der Waals surface area contributed by atoms with Crippen molar-refractivity contribution >= 4 is 28.9 Å². The quantitative estimate of drug-likeness (QED) is 0.635. The maximum atomic E-state index is 11.5. The van der Waals surface area contributed by atoms with Crippen LogP contribution < -0.4 is 5.32 Å². The fourth-order valence-corrected chi connectivity index (χ4v) is 1.48. The lowest BCUT2D eigenvalue weighted by atomic mass is 10.2. The summed E-state index contributed by atoms with van der Waals surface area (Å²) in [7, 11) is 0. The lowest BCUT2D eigenvalue weighted by Crippen LogP contribution is -2.14. The first-order valence-corrected chi connectivity index (χ1v) is 5.70. The third-order valence-electron chi connectivity index (χ3n) is 2.22. The molecular formula is C11H13ClN2O4. The van der Waals surface area contributed by atoms with Gasteiger partial charge in [-0.15, -0.1) is 0 Å². The number of halogens is 1. The predicted octanol–water partition coefficient (Wildman–Crippen LogP) is 2.35. The largest absolute Gasteiger partial charge is 0.393 e. The van der Waals surface area contributed by atoms with E-state index in [1.807, 2.05) is 0 Å². The number of nitro benzene ring substituents is 1. The molecule has 0 bridgehead atoms. The molecule has 1 aromatic carbocycles. The maximum absolute atomic E-state index is 11.5. The van der Waals surface area contributed by atoms with Crippen LogP contribution in [-0.4, -0.2) is 22.0 Å². The lowest BCUT2D eigenvalue weighted by molar-refractivity contribution is -0.383. The number of hydrogen-bond donors (Lipinski definition) is 2. The zero-order valence-corrected chi connectivity index (χ0v) is 10.5. The van der Waals surface area contributed by atoms with E-state index in [1.54, 1.807) is 6.92 Å². The Morgan fingerprint density at radius 3 is 2.83 bits per heavy atom. The highest BCUT2D eigenvalue weighted by Crippen LogP contribution is 2.27. The van der Waals surface area contributed by atoms with Gasteiger partial charge in [0.25, 0.3) is 5.69 Å². The van der Waals surface area contributed by atoms with Gasteiger partial charge in [0.2, 0.25) is 5.91 Å². The summed E-state index contributed by atoms with van der Waals surface area (Å²) in [6, 6.07) is 4.01. The number of aliphatic hydroxyl groups is 1. The molecule has 1 amide bonds. The Balaban J connectivity index is 2.78. The molecule has 0 fully saturated rings. The number of anilines is 1. The minimum atomic E-state index is -0.615. The lowest BCUT2D eigenvalue weighted by Gasteiger charge is -2.07. The Morgan fingerprint density at radius 1 is 1.61 bits per heavy atom. The molecule has 0 saturated carbocycles. The number of rotatable bonds is 5. The van der Waals surface area contributed by atoms with E-state index in [-0.39, 0.29) is 28.7 Å². The van der Waals surface area contributed by atoms with E-state index in [0.29, 0.717) is 6.42 Å². The van der Waals surface area contributed by atoms with E-state index in [9.17, 15) is 14.9 Å². The molecular weight excluding hydrogens is 260 g/mol. The third kappa shape index (κ3) is 4.31. The molecule has 0 spiro atoms. The zero-order chi connectivity index (χ0) is 13.7. The van der Waals surface area contributed by atoms with Gasteiger partial charge in [0, 0.05) is 17.5 Å². The van der Waals surface area contributed by atoms with Crippen molar-refractivity contribution in [3.05, 3.63) is 33.3 Å². The smallest absolute Gasteiger partial charge is 0.294 e. The number of nitrogens with one attached hydrogen (secondary N) is 1. The topological polar surface area (TPSA) is 92.5 Å². The molecule has 0 aliphatic rings. The first kappa shape index (κ1) is 14.4. The highest BCUT2D eigenvalue weighted by molar-refractivity contribution is 6.31. The molecule has 18 heavy (non-hydrogen) atoms. The number of carbonyl (C=O) groups excluding carboxylic acids is 1. The first-order valence-electron chi connectivity index (χ1n) is 5.32. The van der Waals surface area contributed by atoms with Gasteiger partial charge in [-0.1, -0.05) is 11.6 Å². The van der Waals surface area contributed by atoms with Crippen LogP contribution in [0.4, 0.5) is 11.4 Å². The molecule has 0 radical (unpaired) electrons. The van der Waals surface area contributed by atoms with Crippen molar-refractivity contribution in [2.24, 2.45) is 0 Å². The molecule has 1 unspecified atom stereocenters. The minimum absolute atomic E-state index is 0.0947. The Kier molecular flexibility index (Phi) is 5.06. The molecule has 0 heterocycles. The summed E-state index contributed by atoms with van der Waals surface area (Å²) >= 11 is 5.65. The van der Waals surface area contributed by atoms with Gasteiger partial charge in [-0.3, -0.25) is 14.9 Å². The van der Waals surface area contributed by atoms with E-state index in [2.05, 4.69) is 5.32 Å². The fourth-order valence-electron chi connectivity index (χ4n) is 1.31. The van der Waals surface area contributed by atoms with Gasteiger partial charge in [0.1, 0.15) is 5.69 Å². The Bertz CT molecular complexity index is 462. The number of nitrogens with zero attached hydrogens (tertiary/aromatic N) is 1. The highest BCUT2D eigenvalue weighted by atomic mass is 35.5. The summed E-state index contributed by atoms with van der Waals surface area (Å²) in [5.74, 6) is -0.388. The van der Waals surface area contributed by atoms with Gasteiger partial charge < -0.3 is 10.4 Å². The minimum Gasteiger partial charge on any atom is -0.393 e. The monoisotopic (exact) mass is 272 g/mol. The average molecular weight is 273 g/mol. The second-order valence-corrected chi connectivity index (χ2v) is 4.29. The van der Waals surface area contributed by atoms with Crippen LogP contribution in [0.1, 0.15) is 19.8 Å². The number of aliphatic hydroxyl groups excluding tert-OH is 1. The van der Waals surface area contributed by atoms with Crippen LogP contribution in [0.5, 0.6) is 0 Å². The van der Waals surface area contributed by atoms with Crippen LogP contribution in [0.2, 0.25) is 5.02 Å². The molecule has 0 aliphatic carbocycles.